The van der Waals surface area contributed by atoms with Gasteiger partial charge >= 0.3 is 0 Å². The molecule has 1 fully saturated rings. The third kappa shape index (κ3) is 3.93. The molecule has 110 valence electrons. The molecule has 0 unspecified atom stereocenters. The maximum Gasteiger partial charge on any atom is 0.260 e. The van der Waals surface area contributed by atoms with E-state index in [-0.39, 0.29) is 24.4 Å². The Labute approximate surface area is 119 Å². The summed E-state index contributed by atoms with van der Waals surface area (Å²) in [6.45, 7) is 2.02. The van der Waals surface area contributed by atoms with Gasteiger partial charge in [-0.1, -0.05) is 0 Å². The Bertz CT molecular complexity index is 442. The average molecular weight is 280 g/mol. The van der Waals surface area contributed by atoms with Gasteiger partial charge in [0, 0.05) is 13.1 Å². The molecule has 0 N–H and O–H groups in total. The Kier molecular flexibility index (Phi) is 4.95. The number of carbonyl (C=O) groups excluding carboxylic acids is 1. The van der Waals surface area contributed by atoms with Gasteiger partial charge < -0.3 is 14.5 Å². The van der Waals surface area contributed by atoms with Crippen LogP contribution >= 0.6 is 0 Å². The SMILES string of the molecule is CN1CCC(N(C)C(=O)COc2ccc(F)cc2)CC1. The number of hydrogen-bond donors (Lipinski definition) is 0. The van der Waals surface area contributed by atoms with Gasteiger partial charge in [-0.15, -0.1) is 0 Å². The predicted molar refractivity (Wildman–Crippen MR) is 75.2 cm³/mol. The summed E-state index contributed by atoms with van der Waals surface area (Å²) in [5, 5.41) is 0. The summed E-state index contributed by atoms with van der Waals surface area (Å²) in [5.41, 5.74) is 0. The van der Waals surface area contributed by atoms with Gasteiger partial charge in [-0.3, -0.25) is 4.79 Å². The van der Waals surface area contributed by atoms with Crippen molar-refractivity contribution < 1.29 is 13.9 Å². The number of ether oxygens (including phenoxy) is 1. The van der Waals surface area contributed by atoms with Crippen LogP contribution in [0.3, 0.4) is 0 Å². The van der Waals surface area contributed by atoms with E-state index in [4.69, 9.17) is 4.74 Å². The molecule has 20 heavy (non-hydrogen) atoms. The van der Waals surface area contributed by atoms with Crippen LogP contribution in [0.1, 0.15) is 12.8 Å². The van der Waals surface area contributed by atoms with Crippen LogP contribution in [-0.4, -0.2) is 55.5 Å². The first-order chi connectivity index (χ1) is 9.56. The number of likely N-dealkylation sites (N-methyl/N-ethyl adjacent to an activating group) is 1. The maximum atomic E-state index is 12.8. The highest BCUT2D eigenvalue weighted by Gasteiger charge is 2.24. The third-order valence-corrected chi connectivity index (χ3v) is 3.81. The highest BCUT2D eigenvalue weighted by molar-refractivity contribution is 5.77. The summed E-state index contributed by atoms with van der Waals surface area (Å²) in [5.74, 6) is 0.160. The Hall–Kier alpha value is -1.62. The second kappa shape index (κ2) is 6.70. The zero-order chi connectivity index (χ0) is 14.5. The molecule has 0 saturated carbocycles. The molecule has 1 aliphatic heterocycles. The normalized spacial score (nSPS) is 16.9. The monoisotopic (exact) mass is 280 g/mol. The minimum Gasteiger partial charge on any atom is -0.484 e. The van der Waals surface area contributed by atoms with Gasteiger partial charge in [-0.2, -0.15) is 0 Å². The van der Waals surface area contributed by atoms with E-state index in [0.717, 1.165) is 25.9 Å². The number of halogens is 1. The first-order valence-corrected chi connectivity index (χ1v) is 6.89. The number of amides is 1. The van der Waals surface area contributed by atoms with E-state index in [9.17, 15) is 9.18 Å². The predicted octanol–water partition coefficient (Wildman–Crippen LogP) is 1.76. The lowest BCUT2D eigenvalue weighted by Gasteiger charge is -2.35. The fourth-order valence-corrected chi connectivity index (χ4v) is 2.36. The minimum absolute atomic E-state index is 0.00548. The lowest BCUT2D eigenvalue weighted by atomic mass is 10.0. The molecule has 0 radical (unpaired) electrons. The maximum absolute atomic E-state index is 12.8. The lowest BCUT2D eigenvalue weighted by molar-refractivity contribution is -0.134. The summed E-state index contributed by atoms with van der Waals surface area (Å²) < 4.78 is 18.1. The molecule has 5 heteroatoms. The first kappa shape index (κ1) is 14.8. The topological polar surface area (TPSA) is 32.8 Å². The Balaban J connectivity index is 1.80. The van der Waals surface area contributed by atoms with Crippen LogP contribution in [0.4, 0.5) is 4.39 Å². The van der Waals surface area contributed by atoms with Crippen molar-refractivity contribution in [3.8, 4) is 5.75 Å². The van der Waals surface area contributed by atoms with Gasteiger partial charge in [0.05, 0.1) is 0 Å². The average Bonchev–Trinajstić information content (AvgIpc) is 2.46. The van der Waals surface area contributed by atoms with Gasteiger partial charge in [-0.05, 0) is 57.2 Å². The molecule has 1 amide bonds. The van der Waals surface area contributed by atoms with Crippen LogP contribution < -0.4 is 4.74 Å². The number of piperidine rings is 1. The Morgan fingerprint density at radius 2 is 1.95 bits per heavy atom. The summed E-state index contributed by atoms with van der Waals surface area (Å²) in [4.78, 5) is 16.1. The molecule has 0 aromatic heterocycles. The molecule has 1 heterocycles. The molecule has 1 aromatic rings. The van der Waals surface area contributed by atoms with Gasteiger partial charge in [0.25, 0.3) is 5.91 Å². The van der Waals surface area contributed by atoms with E-state index in [1.54, 1.807) is 4.90 Å². The van der Waals surface area contributed by atoms with E-state index in [1.165, 1.54) is 24.3 Å². The fraction of sp³-hybridized carbons (Fsp3) is 0.533. The molecular weight excluding hydrogens is 259 g/mol. The van der Waals surface area contributed by atoms with Crippen molar-refractivity contribution in [3.63, 3.8) is 0 Å². The van der Waals surface area contributed by atoms with E-state index in [0.29, 0.717) is 5.75 Å². The van der Waals surface area contributed by atoms with Crippen LogP contribution in [0.5, 0.6) is 5.75 Å². The Morgan fingerprint density at radius 1 is 1.35 bits per heavy atom. The molecule has 1 aliphatic rings. The van der Waals surface area contributed by atoms with Crippen LogP contribution in [-0.2, 0) is 4.79 Å². The van der Waals surface area contributed by atoms with Crippen molar-refractivity contribution in [1.82, 2.24) is 9.80 Å². The Morgan fingerprint density at radius 3 is 2.55 bits per heavy atom. The van der Waals surface area contributed by atoms with Crippen molar-refractivity contribution in [2.45, 2.75) is 18.9 Å². The first-order valence-electron chi connectivity index (χ1n) is 6.89. The number of hydrogen-bond acceptors (Lipinski definition) is 3. The number of carbonyl (C=O) groups is 1. The van der Waals surface area contributed by atoms with Crippen molar-refractivity contribution >= 4 is 5.91 Å². The standard InChI is InChI=1S/C15H21FN2O2/c1-17-9-7-13(8-10-17)18(2)15(19)11-20-14-5-3-12(16)4-6-14/h3-6,13H,7-11H2,1-2H3. The van der Waals surface area contributed by atoms with Crippen LogP contribution in [0.25, 0.3) is 0 Å². The van der Waals surface area contributed by atoms with Gasteiger partial charge in [0.15, 0.2) is 6.61 Å². The smallest absolute Gasteiger partial charge is 0.260 e. The largest absolute Gasteiger partial charge is 0.484 e. The summed E-state index contributed by atoms with van der Waals surface area (Å²) >= 11 is 0. The van der Waals surface area contributed by atoms with Gasteiger partial charge in [-0.25, -0.2) is 4.39 Å². The molecule has 4 nitrogen and oxygen atoms in total. The zero-order valence-electron chi connectivity index (χ0n) is 12.0. The van der Waals surface area contributed by atoms with Crippen molar-refractivity contribution in [2.75, 3.05) is 33.8 Å². The quantitative estimate of drug-likeness (QED) is 0.842. The summed E-state index contributed by atoms with van der Waals surface area (Å²) in [7, 11) is 3.92. The third-order valence-electron chi connectivity index (χ3n) is 3.81. The lowest BCUT2D eigenvalue weighted by Crippen LogP contribution is -2.45. The fourth-order valence-electron chi connectivity index (χ4n) is 2.36. The van der Waals surface area contributed by atoms with Crippen LogP contribution in [0, 0.1) is 5.82 Å². The van der Waals surface area contributed by atoms with E-state index in [2.05, 4.69) is 11.9 Å². The molecule has 1 saturated heterocycles. The van der Waals surface area contributed by atoms with Crippen molar-refractivity contribution in [3.05, 3.63) is 30.1 Å². The summed E-state index contributed by atoms with van der Waals surface area (Å²) in [6.07, 6.45) is 1.99. The zero-order valence-corrected chi connectivity index (χ0v) is 12.0. The van der Waals surface area contributed by atoms with Crippen LogP contribution in [0.2, 0.25) is 0 Å². The second-order valence-corrected chi connectivity index (χ2v) is 5.28. The molecular formula is C15H21FN2O2. The molecule has 2 rings (SSSR count). The van der Waals surface area contributed by atoms with E-state index in [1.807, 2.05) is 7.05 Å². The van der Waals surface area contributed by atoms with Crippen molar-refractivity contribution in [2.24, 2.45) is 0 Å². The number of benzene rings is 1. The second-order valence-electron chi connectivity index (χ2n) is 5.28. The number of nitrogens with zero attached hydrogens (tertiary/aromatic N) is 2. The minimum atomic E-state index is -0.313. The molecule has 0 aliphatic carbocycles. The number of likely N-dealkylation sites (tertiary alicyclic amines) is 1. The van der Waals surface area contributed by atoms with Crippen molar-refractivity contribution in [1.29, 1.82) is 0 Å². The summed E-state index contributed by atoms with van der Waals surface area (Å²) in [6, 6.07) is 5.98. The van der Waals surface area contributed by atoms with Crippen LogP contribution in [0.15, 0.2) is 24.3 Å². The molecule has 1 aromatic carbocycles. The van der Waals surface area contributed by atoms with E-state index >= 15 is 0 Å². The van der Waals surface area contributed by atoms with Gasteiger partial charge in [0.2, 0.25) is 0 Å². The number of rotatable bonds is 4. The highest BCUT2D eigenvalue weighted by atomic mass is 19.1. The molecule has 0 bridgehead atoms. The molecule has 0 atom stereocenters. The van der Waals surface area contributed by atoms with E-state index < -0.39 is 0 Å². The van der Waals surface area contributed by atoms with Gasteiger partial charge in [0.1, 0.15) is 11.6 Å². The highest BCUT2D eigenvalue weighted by Crippen LogP contribution is 2.15. The molecule has 0 spiro atoms.